The van der Waals surface area contributed by atoms with Gasteiger partial charge < -0.3 is 5.11 Å². The van der Waals surface area contributed by atoms with Gasteiger partial charge in [0, 0.05) is 11.8 Å². The van der Waals surface area contributed by atoms with Crippen molar-refractivity contribution in [2.24, 2.45) is 28.6 Å². The average Bonchev–Trinajstić information content (AvgIpc) is 2.82. The van der Waals surface area contributed by atoms with E-state index in [1.54, 1.807) is 0 Å². The molecule has 0 saturated heterocycles. The fourth-order valence-electron chi connectivity index (χ4n) is 6.60. The highest BCUT2D eigenvalue weighted by molar-refractivity contribution is 5.92. The number of hydrogen-bond donors (Lipinski definition) is 1. The molecule has 0 unspecified atom stereocenters. The second-order valence-corrected chi connectivity index (χ2v) is 8.64. The Morgan fingerprint density at radius 3 is 2.76 bits per heavy atom. The lowest BCUT2D eigenvalue weighted by atomic mass is 9.47. The van der Waals surface area contributed by atoms with Gasteiger partial charge in [0.15, 0.2) is 5.78 Å². The molecule has 6 atom stereocenters. The largest absolute Gasteiger partial charge is 0.392 e. The van der Waals surface area contributed by atoms with Crippen LogP contribution in [0.3, 0.4) is 0 Å². The summed E-state index contributed by atoms with van der Waals surface area (Å²) >= 11 is 0. The van der Waals surface area contributed by atoms with Crippen molar-refractivity contribution in [3.05, 3.63) is 11.6 Å². The molecule has 2 nitrogen and oxygen atoms in total. The van der Waals surface area contributed by atoms with Gasteiger partial charge in [0.2, 0.25) is 0 Å². The van der Waals surface area contributed by atoms with Crippen molar-refractivity contribution in [3.63, 3.8) is 0 Å². The Morgan fingerprint density at radius 1 is 1.14 bits per heavy atom. The summed E-state index contributed by atoms with van der Waals surface area (Å²) in [4.78, 5) is 11.8. The number of carbonyl (C=O) groups is 1. The third-order valence-electron chi connectivity index (χ3n) is 7.85. The zero-order valence-corrected chi connectivity index (χ0v) is 13.4. The van der Waals surface area contributed by atoms with Crippen molar-refractivity contribution < 1.29 is 9.90 Å². The maximum absolute atomic E-state index is 11.8. The highest BCUT2D eigenvalue weighted by atomic mass is 16.3. The Hall–Kier alpha value is -0.630. The molecule has 0 radical (unpaired) electrons. The lowest BCUT2D eigenvalue weighted by molar-refractivity contribution is -0.126. The molecular weight excluding hydrogens is 260 g/mol. The van der Waals surface area contributed by atoms with Crippen LogP contribution in [0.15, 0.2) is 11.6 Å². The van der Waals surface area contributed by atoms with Gasteiger partial charge in [-0.25, -0.2) is 0 Å². The first-order valence-corrected chi connectivity index (χ1v) is 8.87. The van der Waals surface area contributed by atoms with Crippen molar-refractivity contribution >= 4 is 5.78 Å². The minimum absolute atomic E-state index is 0.124. The van der Waals surface area contributed by atoms with Gasteiger partial charge in [-0.2, -0.15) is 0 Å². The fraction of sp³-hybridized carbons (Fsp3) is 0.842. The van der Waals surface area contributed by atoms with Crippen LogP contribution in [0.2, 0.25) is 0 Å². The monoisotopic (exact) mass is 288 g/mol. The Bertz CT molecular complexity index is 508. The van der Waals surface area contributed by atoms with E-state index in [-0.39, 0.29) is 11.2 Å². The SMILES string of the molecule is C[C@@]12CCC[C@H]1[C@@H]1CCC3=CC(=O)C[C@@H](O)[C@]3(C)[C@H]1CC2. The summed E-state index contributed by atoms with van der Waals surface area (Å²) in [7, 11) is 0. The van der Waals surface area contributed by atoms with E-state index in [1.807, 2.05) is 6.08 Å². The molecule has 3 fully saturated rings. The van der Waals surface area contributed by atoms with E-state index >= 15 is 0 Å². The van der Waals surface area contributed by atoms with Crippen molar-refractivity contribution in [3.8, 4) is 0 Å². The van der Waals surface area contributed by atoms with Crippen LogP contribution in [0, 0.1) is 28.6 Å². The van der Waals surface area contributed by atoms with Gasteiger partial charge in [0.1, 0.15) is 0 Å². The predicted octanol–water partition coefficient (Wildman–Crippen LogP) is 3.88. The summed E-state index contributed by atoms with van der Waals surface area (Å²) in [5.41, 5.74) is 1.70. The number of aliphatic hydroxyl groups excluding tert-OH is 1. The minimum atomic E-state index is -0.455. The summed E-state index contributed by atoms with van der Waals surface area (Å²) in [5.74, 6) is 2.36. The normalized spacial score (nSPS) is 52.7. The molecule has 0 amide bonds. The third-order valence-corrected chi connectivity index (χ3v) is 7.85. The fourth-order valence-corrected chi connectivity index (χ4v) is 6.60. The number of ketones is 1. The van der Waals surface area contributed by atoms with Gasteiger partial charge in [-0.15, -0.1) is 0 Å². The molecule has 0 spiro atoms. The van der Waals surface area contributed by atoms with Crippen LogP contribution < -0.4 is 0 Å². The molecule has 0 aromatic carbocycles. The summed E-state index contributed by atoms with van der Waals surface area (Å²) in [6, 6.07) is 0. The van der Waals surface area contributed by atoms with Gasteiger partial charge in [-0.3, -0.25) is 4.79 Å². The van der Waals surface area contributed by atoms with Gasteiger partial charge in [-0.05, 0) is 67.8 Å². The minimum Gasteiger partial charge on any atom is -0.392 e. The standard InChI is InChI=1S/C19H28O2/c1-18-8-3-4-15(18)14-6-5-12-10-13(20)11-17(21)19(12,2)16(14)7-9-18/h10,14-17,21H,3-9,11H2,1-2H3/t14-,15-,16-,17+,18-,19-/m0/s1. The van der Waals surface area contributed by atoms with Crippen molar-refractivity contribution in [2.75, 3.05) is 0 Å². The van der Waals surface area contributed by atoms with Crippen LogP contribution in [0.4, 0.5) is 0 Å². The molecule has 2 heteroatoms. The molecule has 0 heterocycles. The Balaban J connectivity index is 1.73. The summed E-state index contributed by atoms with van der Waals surface area (Å²) in [5, 5.41) is 10.7. The van der Waals surface area contributed by atoms with E-state index in [2.05, 4.69) is 13.8 Å². The summed E-state index contributed by atoms with van der Waals surface area (Å²) < 4.78 is 0. The maximum atomic E-state index is 11.8. The molecule has 1 N–H and O–H groups in total. The van der Waals surface area contributed by atoms with Crippen LogP contribution in [-0.4, -0.2) is 17.0 Å². The van der Waals surface area contributed by atoms with Gasteiger partial charge in [0.05, 0.1) is 6.10 Å². The molecule has 0 aromatic rings. The van der Waals surface area contributed by atoms with Crippen LogP contribution >= 0.6 is 0 Å². The Labute approximate surface area is 128 Å². The highest BCUT2D eigenvalue weighted by Crippen LogP contribution is 2.65. The molecule has 4 aliphatic rings. The molecule has 0 aliphatic heterocycles. The molecule has 4 aliphatic carbocycles. The Kier molecular flexibility index (Phi) is 2.96. The molecule has 3 saturated carbocycles. The maximum Gasteiger partial charge on any atom is 0.158 e. The Morgan fingerprint density at radius 2 is 1.95 bits per heavy atom. The molecular formula is C19H28O2. The van der Waals surface area contributed by atoms with Crippen LogP contribution in [0.1, 0.15) is 65.2 Å². The number of rotatable bonds is 0. The van der Waals surface area contributed by atoms with Crippen molar-refractivity contribution in [1.29, 1.82) is 0 Å². The molecule has 4 rings (SSSR count). The van der Waals surface area contributed by atoms with E-state index < -0.39 is 6.10 Å². The van der Waals surface area contributed by atoms with Gasteiger partial charge in [-0.1, -0.05) is 25.8 Å². The molecule has 0 bridgehead atoms. The third kappa shape index (κ3) is 1.78. The highest BCUT2D eigenvalue weighted by Gasteiger charge is 2.58. The number of aliphatic hydroxyl groups is 1. The number of fused-ring (bicyclic) bond motifs is 5. The van der Waals surface area contributed by atoms with E-state index in [0.29, 0.717) is 17.8 Å². The summed E-state index contributed by atoms with van der Waals surface area (Å²) in [6.45, 7) is 4.76. The van der Waals surface area contributed by atoms with Crippen molar-refractivity contribution in [2.45, 2.75) is 71.3 Å². The molecule has 0 aromatic heterocycles. The first-order chi connectivity index (χ1) is 9.95. The van der Waals surface area contributed by atoms with Gasteiger partial charge >= 0.3 is 0 Å². The first-order valence-electron chi connectivity index (χ1n) is 8.87. The smallest absolute Gasteiger partial charge is 0.158 e. The second-order valence-electron chi connectivity index (χ2n) is 8.64. The zero-order valence-electron chi connectivity index (χ0n) is 13.4. The zero-order chi connectivity index (χ0) is 14.8. The van der Waals surface area contributed by atoms with E-state index in [4.69, 9.17) is 0 Å². The molecule has 116 valence electrons. The number of carbonyl (C=O) groups excluding carboxylic acids is 1. The van der Waals surface area contributed by atoms with E-state index in [9.17, 15) is 9.90 Å². The first kappa shape index (κ1) is 14.0. The second kappa shape index (κ2) is 4.44. The summed E-state index contributed by atoms with van der Waals surface area (Å²) in [6.07, 6.45) is 10.8. The number of hydrogen-bond acceptors (Lipinski definition) is 2. The van der Waals surface area contributed by atoms with Crippen molar-refractivity contribution in [1.82, 2.24) is 0 Å². The average molecular weight is 288 g/mol. The topological polar surface area (TPSA) is 37.3 Å². The predicted molar refractivity (Wildman–Crippen MR) is 82.7 cm³/mol. The van der Waals surface area contributed by atoms with E-state index in [1.165, 1.54) is 44.1 Å². The van der Waals surface area contributed by atoms with Crippen LogP contribution in [0.25, 0.3) is 0 Å². The lowest BCUT2D eigenvalue weighted by Crippen LogP contribution is -2.54. The van der Waals surface area contributed by atoms with E-state index in [0.717, 1.165) is 18.3 Å². The van der Waals surface area contributed by atoms with Crippen LogP contribution in [-0.2, 0) is 4.79 Å². The lowest BCUT2D eigenvalue weighted by Gasteiger charge is -2.58. The van der Waals surface area contributed by atoms with Gasteiger partial charge in [0.25, 0.3) is 0 Å². The quantitative estimate of drug-likeness (QED) is 0.734. The molecule has 21 heavy (non-hydrogen) atoms. The van der Waals surface area contributed by atoms with Crippen LogP contribution in [0.5, 0.6) is 0 Å².